The number of rotatable bonds is 1. The standard InChI is InChI=1S/C45H26O/c1-2-13-31-27(11-1)23-24-34-32-14-3-6-18-37(32)45(44(31)34)38-19-7-4-16-35(38)43-30(17-10-20-39(43)45)29-25-28-12-9-22-41-42(28)36(26-29)33-15-5-8-21-40(33)46-41/h1-26H. The van der Waals surface area contributed by atoms with Crippen LogP contribution in [0.5, 0.6) is 11.5 Å². The minimum absolute atomic E-state index is 0.409. The van der Waals surface area contributed by atoms with Crippen molar-refractivity contribution in [1.29, 1.82) is 0 Å². The molecule has 0 N–H and O–H groups in total. The summed E-state index contributed by atoms with van der Waals surface area (Å²) in [6.45, 7) is 0. The molecule has 8 aromatic rings. The van der Waals surface area contributed by atoms with Crippen molar-refractivity contribution in [3.8, 4) is 56.0 Å². The minimum atomic E-state index is -0.409. The Bertz CT molecular complexity index is 2630. The van der Waals surface area contributed by atoms with Gasteiger partial charge in [0, 0.05) is 10.9 Å². The molecule has 3 aliphatic rings. The van der Waals surface area contributed by atoms with Crippen LogP contribution in [0.3, 0.4) is 0 Å². The Morgan fingerprint density at radius 3 is 1.96 bits per heavy atom. The van der Waals surface area contributed by atoms with Crippen molar-refractivity contribution in [3.05, 3.63) is 180 Å². The maximum atomic E-state index is 6.38. The van der Waals surface area contributed by atoms with Gasteiger partial charge in [-0.25, -0.2) is 0 Å². The van der Waals surface area contributed by atoms with Gasteiger partial charge in [0.25, 0.3) is 0 Å². The smallest absolute Gasteiger partial charge is 0.135 e. The molecule has 2 aliphatic carbocycles. The second kappa shape index (κ2) is 8.62. The van der Waals surface area contributed by atoms with E-state index < -0.39 is 5.41 Å². The van der Waals surface area contributed by atoms with Gasteiger partial charge in [0.2, 0.25) is 0 Å². The molecular weight excluding hydrogens is 556 g/mol. The lowest BCUT2D eigenvalue weighted by atomic mass is 9.69. The molecule has 0 radical (unpaired) electrons. The number of benzene rings is 8. The molecule has 1 unspecified atom stereocenters. The summed E-state index contributed by atoms with van der Waals surface area (Å²) in [5.74, 6) is 1.83. The third kappa shape index (κ3) is 2.87. The molecule has 1 nitrogen and oxygen atoms in total. The molecule has 1 heteroatoms. The van der Waals surface area contributed by atoms with Crippen LogP contribution in [-0.4, -0.2) is 0 Å². The zero-order valence-electron chi connectivity index (χ0n) is 24.9. The molecule has 0 aromatic heterocycles. The molecule has 0 amide bonds. The number of hydrogen-bond donors (Lipinski definition) is 0. The largest absolute Gasteiger partial charge is 0.456 e. The summed E-state index contributed by atoms with van der Waals surface area (Å²) < 4.78 is 6.38. The molecule has 8 aromatic carbocycles. The first-order chi connectivity index (χ1) is 22.8. The Balaban J connectivity index is 1.28. The summed E-state index contributed by atoms with van der Waals surface area (Å²) in [6, 6.07) is 58.3. The molecule has 46 heavy (non-hydrogen) atoms. The fourth-order valence-electron chi connectivity index (χ4n) is 8.95. The summed E-state index contributed by atoms with van der Waals surface area (Å²) >= 11 is 0. The predicted octanol–water partition coefficient (Wildman–Crippen LogP) is 11.8. The van der Waals surface area contributed by atoms with Crippen molar-refractivity contribution < 1.29 is 4.74 Å². The van der Waals surface area contributed by atoms with Crippen LogP contribution in [-0.2, 0) is 5.41 Å². The fraction of sp³-hybridized carbons (Fsp3) is 0.0222. The lowest BCUT2D eigenvalue weighted by Crippen LogP contribution is -2.26. The third-order valence-electron chi connectivity index (χ3n) is 10.6. The molecule has 11 rings (SSSR count). The number of ether oxygens (including phenoxy) is 1. The van der Waals surface area contributed by atoms with Crippen LogP contribution in [0.2, 0.25) is 0 Å². The van der Waals surface area contributed by atoms with Gasteiger partial charge in [0.15, 0.2) is 0 Å². The van der Waals surface area contributed by atoms with Crippen LogP contribution < -0.4 is 4.74 Å². The van der Waals surface area contributed by atoms with Gasteiger partial charge in [-0.15, -0.1) is 0 Å². The first-order valence-electron chi connectivity index (χ1n) is 16.0. The SMILES string of the molecule is c1ccc2c(c1)Oc1cccc3cc(-c4cccc5c4-c4ccccc4C54c5ccccc5-c5ccc6ccccc6c54)cc-2c13. The normalized spacial score (nSPS) is 16.1. The highest BCUT2D eigenvalue weighted by atomic mass is 16.5. The number of fused-ring (bicyclic) bond motifs is 14. The van der Waals surface area contributed by atoms with Gasteiger partial charge in [-0.1, -0.05) is 133 Å². The highest BCUT2D eigenvalue weighted by Crippen LogP contribution is 2.65. The third-order valence-corrected chi connectivity index (χ3v) is 10.6. The number of para-hydroxylation sites is 1. The molecular formula is C45H26O. The van der Waals surface area contributed by atoms with Crippen LogP contribution in [0.4, 0.5) is 0 Å². The lowest BCUT2D eigenvalue weighted by molar-refractivity contribution is 0.487. The Labute approximate surface area is 267 Å². The molecule has 1 aliphatic heterocycles. The Hall–Kier alpha value is -5.92. The molecule has 1 atom stereocenters. The first-order valence-corrected chi connectivity index (χ1v) is 16.0. The van der Waals surface area contributed by atoms with Gasteiger partial charge in [0.05, 0.1) is 5.41 Å². The van der Waals surface area contributed by atoms with Gasteiger partial charge >= 0.3 is 0 Å². The van der Waals surface area contributed by atoms with E-state index in [-0.39, 0.29) is 0 Å². The summed E-state index contributed by atoms with van der Waals surface area (Å²) in [5.41, 5.74) is 15.3. The molecule has 0 fully saturated rings. The van der Waals surface area contributed by atoms with Crippen LogP contribution in [0.1, 0.15) is 22.3 Å². The van der Waals surface area contributed by atoms with Crippen molar-refractivity contribution in [3.63, 3.8) is 0 Å². The topological polar surface area (TPSA) is 9.23 Å². The average Bonchev–Trinajstić information content (AvgIpc) is 3.59. The van der Waals surface area contributed by atoms with E-state index in [4.69, 9.17) is 4.74 Å². The van der Waals surface area contributed by atoms with Crippen LogP contribution in [0.25, 0.3) is 66.1 Å². The zero-order valence-corrected chi connectivity index (χ0v) is 24.9. The minimum Gasteiger partial charge on any atom is -0.456 e. The Morgan fingerprint density at radius 1 is 0.391 bits per heavy atom. The highest BCUT2D eigenvalue weighted by molar-refractivity contribution is 6.09. The summed E-state index contributed by atoms with van der Waals surface area (Å²) in [6.07, 6.45) is 0. The van der Waals surface area contributed by atoms with Gasteiger partial charge in [-0.2, -0.15) is 0 Å². The van der Waals surface area contributed by atoms with Gasteiger partial charge in [0.1, 0.15) is 11.5 Å². The van der Waals surface area contributed by atoms with Crippen molar-refractivity contribution in [2.24, 2.45) is 0 Å². The van der Waals surface area contributed by atoms with E-state index in [0.29, 0.717) is 0 Å². The molecule has 0 bridgehead atoms. The Morgan fingerprint density at radius 2 is 1.04 bits per heavy atom. The molecule has 0 saturated carbocycles. The molecule has 0 saturated heterocycles. The number of hydrogen-bond acceptors (Lipinski definition) is 1. The van der Waals surface area contributed by atoms with E-state index in [2.05, 4.69) is 158 Å². The van der Waals surface area contributed by atoms with Crippen LogP contribution in [0.15, 0.2) is 158 Å². The molecule has 1 heterocycles. The van der Waals surface area contributed by atoms with E-state index in [1.165, 1.54) is 82.7 Å². The van der Waals surface area contributed by atoms with Gasteiger partial charge < -0.3 is 4.74 Å². The van der Waals surface area contributed by atoms with E-state index in [0.717, 1.165) is 17.1 Å². The molecule has 212 valence electrons. The average molecular weight is 583 g/mol. The second-order valence-corrected chi connectivity index (χ2v) is 12.8. The second-order valence-electron chi connectivity index (χ2n) is 12.8. The predicted molar refractivity (Wildman–Crippen MR) is 189 cm³/mol. The summed E-state index contributed by atoms with van der Waals surface area (Å²) in [7, 11) is 0. The Kier molecular flexibility index (Phi) is 4.57. The van der Waals surface area contributed by atoms with Gasteiger partial charge in [-0.3, -0.25) is 0 Å². The summed E-state index contributed by atoms with van der Waals surface area (Å²) in [4.78, 5) is 0. The van der Waals surface area contributed by atoms with Crippen molar-refractivity contribution in [2.75, 3.05) is 0 Å². The summed E-state index contributed by atoms with van der Waals surface area (Å²) in [5, 5.41) is 4.98. The van der Waals surface area contributed by atoms with Crippen molar-refractivity contribution in [2.45, 2.75) is 5.41 Å². The zero-order chi connectivity index (χ0) is 30.0. The highest BCUT2D eigenvalue weighted by Gasteiger charge is 2.52. The van der Waals surface area contributed by atoms with E-state index in [9.17, 15) is 0 Å². The van der Waals surface area contributed by atoms with Crippen molar-refractivity contribution >= 4 is 21.5 Å². The quantitative estimate of drug-likeness (QED) is 0.187. The lowest BCUT2D eigenvalue weighted by Gasteiger charge is -2.31. The maximum absolute atomic E-state index is 6.38. The van der Waals surface area contributed by atoms with E-state index >= 15 is 0 Å². The van der Waals surface area contributed by atoms with E-state index in [1.807, 2.05) is 0 Å². The maximum Gasteiger partial charge on any atom is 0.135 e. The van der Waals surface area contributed by atoms with Crippen molar-refractivity contribution in [1.82, 2.24) is 0 Å². The first kappa shape index (κ1) is 24.4. The molecule has 1 spiro atoms. The van der Waals surface area contributed by atoms with E-state index in [1.54, 1.807) is 0 Å². The fourth-order valence-corrected chi connectivity index (χ4v) is 8.95. The van der Waals surface area contributed by atoms with Gasteiger partial charge in [-0.05, 0) is 102 Å². The van der Waals surface area contributed by atoms with Crippen LogP contribution in [0, 0.1) is 0 Å². The monoisotopic (exact) mass is 582 g/mol. The van der Waals surface area contributed by atoms with Crippen LogP contribution >= 0.6 is 0 Å².